The Hall–Kier alpha value is -5.31. The zero-order valence-corrected chi connectivity index (χ0v) is 23.2. The first kappa shape index (κ1) is 25.6. The van der Waals surface area contributed by atoms with Crippen molar-refractivity contribution in [2.75, 3.05) is 55.5 Å². The van der Waals surface area contributed by atoms with Crippen LogP contribution in [0.5, 0.6) is 5.75 Å². The standard InChI is InChI=1S/C33H28N4O5/c1-40-23-13-11-22(12-14-23)36-15-17-37(18-16-36)27-19-26(34-21-9-7-20(8-10-21)33(39)41-2)28-29-30(27)35-42-32(29)25-6-4-3-5-24(25)31(28)38/h3-14,19,34H,15-18H2,1-2H3. The van der Waals surface area contributed by atoms with Crippen LogP contribution in [0.1, 0.15) is 26.3 Å². The van der Waals surface area contributed by atoms with Gasteiger partial charge in [0.25, 0.3) is 0 Å². The van der Waals surface area contributed by atoms with Gasteiger partial charge in [0, 0.05) is 48.7 Å². The number of esters is 1. The minimum Gasteiger partial charge on any atom is -0.497 e. The third kappa shape index (κ3) is 4.21. The normalized spacial score (nSPS) is 14.1. The molecule has 0 saturated carbocycles. The smallest absolute Gasteiger partial charge is 0.337 e. The Bertz CT molecular complexity index is 1820. The number of ketones is 1. The summed E-state index contributed by atoms with van der Waals surface area (Å²) in [5, 5.41) is 8.66. The molecule has 1 aromatic heterocycles. The highest BCUT2D eigenvalue weighted by molar-refractivity contribution is 6.28. The second-order valence-electron chi connectivity index (χ2n) is 10.3. The number of piperazine rings is 1. The van der Waals surface area contributed by atoms with E-state index in [2.05, 4.69) is 32.4 Å². The number of carbonyl (C=O) groups excluding carboxylic acids is 2. The largest absolute Gasteiger partial charge is 0.497 e. The molecule has 0 spiro atoms. The number of aromatic nitrogens is 1. The third-order valence-electron chi connectivity index (χ3n) is 8.02. The van der Waals surface area contributed by atoms with Gasteiger partial charge in [0.1, 0.15) is 11.3 Å². The van der Waals surface area contributed by atoms with Crippen molar-refractivity contribution in [2.24, 2.45) is 0 Å². The van der Waals surface area contributed by atoms with Crippen LogP contribution < -0.4 is 19.9 Å². The van der Waals surface area contributed by atoms with Crippen LogP contribution in [0.2, 0.25) is 0 Å². The van der Waals surface area contributed by atoms with E-state index < -0.39 is 5.97 Å². The van der Waals surface area contributed by atoms with Gasteiger partial charge in [-0.3, -0.25) is 4.79 Å². The Labute approximate surface area is 242 Å². The Morgan fingerprint density at radius 1 is 0.881 bits per heavy atom. The van der Waals surface area contributed by atoms with Gasteiger partial charge >= 0.3 is 5.97 Å². The maximum absolute atomic E-state index is 13.9. The molecule has 1 saturated heterocycles. The SMILES string of the molecule is COC(=O)c1ccc(Nc2cc(N3CCN(c4ccc(OC)cc4)CC3)c3noc4c3c2C(=O)c2ccccc2-4)cc1. The van der Waals surface area contributed by atoms with Crippen LogP contribution in [0, 0.1) is 0 Å². The number of benzene rings is 4. The van der Waals surface area contributed by atoms with Crippen molar-refractivity contribution in [2.45, 2.75) is 0 Å². The second kappa shape index (κ2) is 10.3. The van der Waals surface area contributed by atoms with Gasteiger partial charge in [-0.25, -0.2) is 4.79 Å². The van der Waals surface area contributed by atoms with Crippen LogP contribution in [0.15, 0.2) is 83.4 Å². The van der Waals surface area contributed by atoms with E-state index in [1.165, 1.54) is 7.11 Å². The fraction of sp³-hybridized carbons (Fsp3) is 0.182. The molecule has 5 aromatic rings. The summed E-state index contributed by atoms with van der Waals surface area (Å²) in [6.07, 6.45) is 0. The first-order valence-corrected chi connectivity index (χ1v) is 13.8. The van der Waals surface area contributed by atoms with Gasteiger partial charge in [-0.05, 0) is 54.6 Å². The Kier molecular flexibility index (Phi) is 6.27. The van der Waals surface area contributed by atoms with Gasteiger partial charge in [-0.2, -0.15) is 0 Å². The molecule has 0 radical (unpaired) electrons. The van der Waals surface area contributed by atoms with Crippen LogP contribution >= 0.6 is 0 Å². The topological polar surface area (TPSA) is 97.1 Å². The van der Waals surface area contributed by atoms with Gasteiger partial charge in [-0.1, -0.05) is 29.4 Å². The molecule has 0 amide bonds. The molecule has 2 aliphatic rings. The molecule has 4 aromatic carbocycles. The summed E-state index contributed by atoms with van der Waals surface area (Å²) in [4.78, 5) is 30.5. The number of anilines is 4. The predicted octanol–water partition coefficient (Wildman–Crippen LogP) is 5.90. The van der Waals surface area contributed by atoms with E-state index in [-0.39, 0.29) is 5.78 Å². The van der Waals surface area contributed by atoms with E-state index in [9.17, 15) is 9.59 Å². The lowest BCUT2D eigenvalue weighted by molar-refractivity contribution is 0.0600. The summed E-state index contributed by atoms with van der Waals surface area (Å²) in [7, 11) is 3.02. The van der Waals surface area contributed by atoms with Crippen molar-refractivity contribution < 1.29 is 23.6 Å². The van der Waals surface area contributed by atoms with Crippen molar-refractivity contribution in [1.82, 2.24) is 5.16 Å². The molecule has 2 heterocycles. The summed E-state index contributed by atoms with van der Waals surface area (Å²) in [5.41, 5.74) is 6.41. The number of nitrogens with one attached hydrogen (secondary N) is 1. The maximum atomic E-state index is 13.9. The second-order valence-corrected chi connectivity index (χ2v) is 10.3. The van der Waals surface area contributed by atoms with Crippen molar-refractivity contribution in [3.8, 4) is 17.1 Å². The minimum atomic E-state index is -0.407. The van der Waals surface area contributed by atoms with Gasteiger partial charge in [0.2, 0.25) is 0 Å². The van der Waals surface area contributed by atoms with Crippen molar-refractivity contribution >= 4 is 45.4 Å². The Morgan fingerprint density at radius 3 is 2.26 bits per heavy atom. The number of rotatable bonds is 6. The molecule has 0 atom stereocenters. The Balaban J connectivity index is 1.28. The molecule has 1 aliphatic heterocycles. The first-order chi connectivity index (χ1) is 20.6. The molecule has 1 N–H and O–H groups in total. The molecule has 0 bridgehead atoms. The van der Waals surface area contributed by atoms with Gasteiger partial charge in [0.05, 0.1) is 42.1 Å². The summed E-state index contributed by atoms with van der Waals surface area (Å²) in [6.45, 7) is 3.17. The predicted molar refractivity (Wildman–Crippen MR) is 161 cm³/mol. The number of methoxy groups -OCH3 is 2. The number of ether oxygens (including phenoxy) is 2. The van der Waals surface area contributed by atoms with Gasteiger partial charge in [0.15, 0.2) is 11.5 Å². The maximum Gasteiger partial charge on any atom is 0.337 e. The first-order valence-electron chi connectivity index (χ1n) is 13.8. The fourth-order valence-electron chi connectivity index (χ4n) is 5.84. The molecular formula is C33H28N4O5. The summed E-state index contributed by atoms with van der Waals surface area (Å²) in [6, 6.07) is 24.5. The highest BCUT2D eigenvalue weighted by Gasteiger charge is 2.34. The summed E-state index contributed by atoms with van der Waals surface area (Å²) in [5.74, 6) is 0.933. The number of fused-ring (bicyclic) bond motifs is 2. The fourth-order valence-corrected chi connectivity index (χ4v) is 5.84. The van der Waals surface area contributed by atoms with Crippen LogP contribution in [-0.2, 0) is 4.74 Å². The van der Waals surface area contributed by atoms with Crippen molar-refractivity contribution in [3.63, 3.8) is 0 Å². The molecular weight excluding hydrogens is 532 g/mol. The number of hydrogen-bond donors (Lipinski definition) is 1. The molecule has 9 heteroatoms. The monoisotopic (exact) mass is 560 g/mol. The molecule has 42 heavy (non-hydrogen) atoms. The van der Waals surface area contributed by atoms with E-state index in [4.69, 9.17) is 14.0 Å². The molecule has 7 rings (SSSR count). The van der Waals surface area contributed by atoms with Crippen LogP contribution in [0.4, 0.5) is 22.7 Å². The molecule has 9 nitrogen and oxygen atoms in total. The minimum absolute atomic E-state index is 0.0872. The van der Waals surface area contributed by atoms with Crippen LogP contribution in [0.25, 0.3) is 22.2 Å². The van der Waals surface area contributed by atoms with Gasteiger partial charge < -0.3 is 29.1 Å². The molecule has 0 unspecified atom stereocenters. The lowest BCUT2D eigenvalue weighted by Crippen LogP contribution is -2.46. The average Bonchev–Trinajstić information content (AvgIpc) is 3.49. The van der Waals surface area contributed by atoms with E-state index in [0.717, 1.165) is 54.6 Å². The number of hydrogen-bond acceptors (Lipinski definition) is 9. The highest BCUT2D eigenvalue weighted by atomic mass is 16.5. The molecule has 210 valence electrons. The lowest BCUT2D eigenvalue weighted by Gasteiger charge is -2.37. The average molecular weight is 561 g/mol. The van der Waals surface area contributed by atoms with E-state index >= 15 is 0 Å². The van der Waals surface area contributed by atoms with Crippen LogP contribution in [-0.4, -0.2) is 57.3 Å². The molecule has 1 fully saturated rings. The molecule has 1 aliphatic carbocycles. The van der Waals surface area contributed by atoms with Crippen LogP contribution in [0.3, 0.4) is 0 Å². The quantitative estimate of drug-likeness (QED) is 0.250. The van der Waals surface area contributed by atoms with E-state index in [0.29, 0.717) is 39.0 Å². The van der Waals surface area contributed by atoms with Gasteiger partial charge in [-0.15, -0.1) is 0 Å². The van der Waals surface area contributed by atoms with E-state index in [1.54, 1.807) is 31.4 Å². The zero-order chi connectivity index (χ0) is 28.8. The number of nitrogens with zero attached hydrogens (tertiary/aromatic N) is 3. The number of carbonyl (C=O) groups is 2. The zero-order valence-electron chi connectivity index (χ0n) is 23.2. The van der Waals surface area contributed by atoms with Crippen molar-refractivity contribution in [1.29, 1.82) is 0 Å². The third-order valence-corrected chi connectivity index (χ3v) is 8.02. The lowest BCUT2D eigenvalue weighted by atomic mass is 9.86. The summed E-state index contributed by atoms with van der Waals surface area (Å²) < 4.78 is 16.1. The highest BCUT2D eigenvalue weighted by Crippen LogP contribution is 2.46. The summed E-state index contributed by atoms with van der Waals surface area (Å²) >= 11 is 0. The van der Waals surface area contributed by atoms with Crippen molar-refractivity contribution in [3.05, 3.63) is 95.6 Å². The van der Waals surface area contributed by atoms with E-state index in [1.807, 2.05) is 42.5 Å². The Morgan fingerprint density at radius 2 is 1.57 bits per heavy atom.